The van der Waals surface area contributed by atoms with Gasteiger partial charge in [-0.15, -0.1) is 0 Å². The summed E-state index contributed by atoms with van der Waals surface area (Å²) < 4.78 is 7.70. The lowest BCUT2D eigenvalue weighted by atomic mass is 10.2. The number of aromatic nitrogens is 2. The zero-order chi connectivity index (χ0) is 24.9. The molecule has 4 aromatic rings. The van der Waals surface area contributed by atoms with Crippen molar-refractivity contribution in [1.82, 2.24) is 9.66 Å². The normalized spacial score (nSPS) is 11.3. The van der Waals surface area contributed by atoms with Crippen LogP contribution in [0.4, 0.5) is 5.69 Å². The number of carbonyl (C=O) groups excluding carboxylic acids is 1. The Morgan fingerprint density at radius 2 is 1.86 bits per heavy atom. The number of hydrogen-bond donors (Lipinski definition) is 1. The number of ether oxygens (including phenoxy) is 1. The van der Waals surface area contributed by atoms with E-state index in [2.05, 4.69) is 31.3 Å². The summed E-state index contributed by atoms with van der Waals surface area (Å²) in [5, 5.41) is 8.24. The largest absolute Gasteiger partial charge is 0.484 e. The summed E-state index contributed by atoms with van der Waals surface area (Å²) in [7, 11) is 0. The van der Waals surface area contributed by atoms with Gasteiger partial charge in [0.25, 0.3) is 11.5 Å². The molecule has 0 fully saturated rings. The van der Waals surface area contributed by atoms with E-state index in [0.717, 1.165) is 10.0 Å². The molecule has 0 aliphatic carbocycles. The minimum Gasteiger partial charge on any atom is -0.484 e. The molecule has 9 heteroatoms. The highest BCUT2D eigenvalue weighted by atomic mass is 79.9. The molecular formula is C26H22BrClN4O3. The van der Waals surface area contributed by atoms with Gasteiger partial charge in [0.05, 0.1) is 17.1 Å². The van der Waals surface area contributed by atoms with E-state index in [0.29, 0.717) is 33.2 Å². The Labute approximate surface area is 215 Å². The van der Waals surface area contributed by atoms with E-state index in [9.17, 15) is 9.59 Å². The number of nitrogens with zero attached hydrogens (tertiary/aromatic N) is 3. The molecule has 0 atom stereocenters. The minimum atomic E-state index is -0.283. The first kappa shape index (κ1) is 24.6. The van der Waals surface area contributed by atoms with Gasteiger partial charge in [-0.05, 0) is 72.3 Å². The fourth-order valence-corrected chi connectivity index (χ4v) is 3.79. The van der Waals surface area contributed by atoms with Crippen molar-refractivity contribution in [2.45, 2.75) is 19.8 Å². The minimum absolute atomic E-state index is 0.00249. The summed E-state index contributed by atoms with van der Waals surface area (Å²) in [5.41, 5.74) is 1.80. The van der Waals surface area contributed by atoms with E-state index in [1.807, 2.05) is 26.0 Å². The van der Waals surface area contributed by atoms with Crippen molar-refractivity contribution in [3.8, 4) is 5.75 Å². The smallest absolute Gasteiger partial charge is 0.282 e. The quantitative estimate of drug-likeness (QED) is 0.292. The van der Waals surface area contributed by atoms with Crippen LogP contribution in [0.3, 0.4) is 0 Å². The van der Waals surface area contributed by atoms with E-state index in [1.54, 1.807) is 60.8 Å². The van der Waals surface area contributed by atoms with Crippen molar-refractivity contribution in [2.75, 3.05) is 11.9 Å². The molecule has 0 unspecified atom stereocenters. The number of amides is 1. The lowest BCUT2D eigenvalue weighted by molar-refractivity contribution is -0.118. The molecule has 1 N–H and O–H groups in total. The average molecular weight is 554 g/mol. The summed E-state index contributed by atoms with van der Waals surface area (Å²) in [6.45, 7) is 3.79. The predicted molar refractivity (Wildman–Crippen MR) is 143 cm³/mol. The average Bonchev–Trinajstić information content (AvgIpc) is 2.84. The van der Waals surface area contributed by atoms with Crippen LogP contribution in [0.5, 0.6) is 5.75 Å². The number of halogens is 2. The monoisotopic (exact) mass is 552 g/mol. The molecule has 7 nitrogen and oxygen atoms in total. The Balaban J connectivity index is 1.46. The number of hydrogen-bond acceptors (Lipinski definition) is 5. The van der Waals surface area contributed by atoms with Gasteiger partial charge in [0.1, 0.15) is 11.6 Å². The maximum absolute atomic E-state index is 13.1. The maximum atomic E-state index is 13.1. The van der Waals surface area contributed by atoms with Crippen LogP contribution in [0, 0.1) is 0 Å². The Morgan fingerprint density at radius 1 is 1.14 bits per heavy atom. The van der Waals surface area contributed by atoms with Crippen LogP contribution in [0.2, 0.25) is 5.02 Å². The molecule has 0 saturated heterocycles. The van der Waals surface area contributed by atoms with Crippen LogP contribution in [-0.2, 0) is 4.79 Å². The van der Waals surface area contributed by atoms with Crippen LogP contribution in [0.1, 0.15) is 31.2 Å². The molecule has 3 aromatic carbocycles. The van der Waals surface area contributed by atoms with Crippen LogP contribution >= 0.6 is 27.5 Å². The van der Waals surface area contributed by atoms with Gasteiger partial charge in [-0.1, -0.05) is 41.4 Å². The molecule has 1 aromatic heterocycles. The van der Waals surface area contributed by atoms with E-state index in [1.165, 1.54) is 4.68 Å². The molecule has 0 spiro atoms. The van der Waals surface area contributed by atoms with Gasteiger partial charge in [-0.25, -0.2) is 4.98 Å². The summed E-state index contributed by atoms with van der Waals surface area (Å²) in [4.78, 5) is 29.8. The molecule has 0 aliphatic heterocycles. The van der Waals surface area contributed by atoms with E-state index in [-0.39, 0.29) is 24.0 Å². The van der Waals surface area contributed by atoms with Gasteiger partial charge >= 0.3 is 0 Å². The Kier molecular flexibility index (Phi) is 7.63. The number of benzene rings is 3. The first-order chi connectivity index (χ1) is 16.8. The van der Waals surface area contributed by atoms with E-state index in [4.69, 9.17) is 16.3 Å². The van der Waals surface area contributed by atoms with Crippen molar-refractivity contribution in [2.24, 2.45) is 5.10 Å². The zero-order valence-electron chi connectivity index (χ0n) is 19.0. The van der Waals surface area contributed by atoms with E-state index >= 15 is 0 Å². The number of anilines is 1. The van der Waals surface area contributed by atoms with Crippen molar-refractivity contribution in [1.29, 1.82) is 0 Å². The molecule has 1 amide bonds. The van der Waals surface area contributed by atoms with E-state index < -0.39 is 0 Å². The molecule has 0 saturated carbocycles. The summed E-state index contributed by atoms with van der Waals surface area (Å²) in [6.07, 6.45) is 1.59. The van der Waals surface area contributed by atoms with Crippen LogP contribution < -0.4 is 15.6 Å². The highest BCUT2D eigenvalue weighted by Crippen LogP contribution is 2.19. The molecule has 35 heavy (non-hydrogen) atoms. The van der Waals surface area contributed by atoms with Gasteiger partial charge < -0.3 is 10.1 Å². The topological polar surface area (TPSA) is 85.6 Å². The number of nitrogens with one attached hydrogen (secondary N) is 1. The molecule has 0 radical (unpaired) electrons. The molecule has 0 bridgehead atoms. The summed E-state index contributed by atoms with van der Waals surface area (Å²) in [6, 6.07) is 19.3. The van der Waals surface area contributed by atoms with Crippen molar-refractivity contribution in [3.05, 3.63) is 98.0 Å². The maximum Gasteiger partial charge on any atom is 0.282 e. The molecular weight excluding hydrogens is 532 g/mol. The fourth-order valence-electron chi connectivity index (χ4n) is 3.30. The van der Waals surface area contributed by atoms with Gasteiger partial charge in [-0.3, -0.25) is 9.59 Å². The zero-order valence-corrected chi connectivity index (χ0v) is 21.4. The highest BCUT2D eigenvalue weighted by molar-refractivity contribution is 9.10. The number of fused-ring (bicyclic) bond motifs is 1. The lowest BCUT2D eigenvalue weighted by Gasteiger charge is -2.12. The third-order valence-electron chi connectivity index (χ3n) is 5.05. The molecule has 1 heterocycles. The Bertz CT molecular complexity index is 1450. The van der Waals surface area contributed by atoms with Crippen molar-refractivity contribution in [3.63, 3.8) is 0 Å². The van der Waals surface area contributed by atoms with Gasteiger partial charge in [-0.2, -0.15) is 9.78 Å². The second-order valence-electron chi connectivity index (χ2n) is 8.06. The Morgan fingerprint density at radius 3 is 2.54 bits per heavy atom. The van der Waals surface area contributed by atoms with Gasteiger partial charge in [0, 0.05) is 21.1 Å². The van der Waals surface area contributed by atoms with Crippen LogP contribution in [0.25, 0.3) is 10.9 Å². The van der Waals surface area contributed by atoms with Crippen LogP contribution in [0.15, 0.2) is 81.1 Å². The third kappa shape index (κ3) is 6.15. The first-order valence-electron chi connectivity index (χ1n) is 10.8. The third-order valence-corrected chi connectivity index (χ3v) is 5.80. The van der Waals surface area contributed by atoms with Crippen molar-refractivity contribution < 1.29 is 9.53 Å². The summed E-state index contributed by atoms with van der Waals surface area (Å²) >= 11 is 9.25. The van der Waals surface area contributed by atoms with Crippen LogP contribution in [-0.4, -0.2) is 28.4 Å². The van der Waals surface area contributed by atoms with Gasteiger partial charge in [0.15, 0.2) is 6.61 Å². The number of rotatable bonds is 7. The lowest BCUT2D eigenvalue weighted by Crippen LogP contribution is -2.23. The molecule has 0 aliphatic rings. The second-order valence-corrected chi connectivity index (χ2v) is 9.41. The Hall–Kier alpha value is -3.49. The molecule has 178 valence electrons. The first-order valence-corrected chi connectivity index (χ1v) is 12.0. The number of carbonyl (C=O) groups is 1. The molecule has 4 rings (SSSR count). The van der Waals surface area contributed by atoms with Crippen molar-refractivity contribution >= 4 is 56.2 Å². The second kappa shape index (κ2) is 10.8. The summed E-state index contributed by atoms with van der Waals surface area (Å²) in [5.74, 6) is 0.829. The fraction of sp³-hybridized carbons (Fsp3) is 0.154. The standard InChI is InChI=1S/C26H22BrClN4O3/c1-16(2)25-31-23-12-5-18(27)13-22(23)26(34)32(25)29-14-17-3-10-21(11-4-17)35-15-24(33)30-20-8-6-19(28)7-9-20/h3-14,16H,15H2,1-2H3,(H,30,33). The van der Waals surface area contributed by atoms with Gasteiger partial charge in [0.2, 0.25) is 0 Å². The SMILES string of the molecule is CC(C)c1nc2ccc(Br)cc2c(=O)n1N=Cc1ccc(OCC(=O)Nc2ccc(Cl)cc2)cc1. The predicted octanol–water partition coefficient (Wildman–Crippen LogP) is 5.84. The highest BCUT2D eigenvalue weighted by Gasteiger charge is 2.13.